The largest absolute Gasteiger partial charge is 0.152 e. The second-order valence-corrected chi connectivity index (χ2v) is 8.69. The zero-order valence-corrected chi connectivity index (χ0v) is 15.2. The van der Waals surface area contributed by atoms with Gasteiger partial charge in [-0.2, -0.15) is 11.3 Å². The van der Waals surface area contributed by atoms with E-state index in [2.05, 4.69) is 75.7 Å². The average molecular weight is 311 g/mol. The van der Waals surface area contributed by atoms with Crippen molar-refractivity contribution < 1.29 is 0 Å². The van der Waals surface area contributed by atoms with E-state index in [0.717, 1.165) is 0 Å². The highest BCUT2D eigenvalue weighted by atomic mass is 32.1. The summed E-state index contributed by atoms with van der Waals surface area (Å²) in [6.07, 6.45) is 4.83. The highest BCUT2D eigenvalue weighted by Gasteiger charge is 2.36. The van der Waals surface area contributed by atoms with Crippen LogP contribution in [0, 0.1) is 0 Å². The molecule has 2 aromatic rings. The Morgan fingerprint density at radius 2 is 1.68 bits per heavy atom. The normalized spacial score (nSPS) is 19.8. The molecule has 1 aliphatic rings. The van der Waals surface area contributed by atoms with Gasteiger partial charge in [0.15, 0.2) is 0 Å². The third-order valence-corrected chi connectivity index (χ3v) is 5.94. The fourth-order valence-electron chi connectivity index (χ4n) is 3.52. The van der Waals surface area contributed by atoms with Gasteiger partial charge in [-0.25, -0.2) is 0 Å². The fourth-order valence-corrected chi connectivity index (χ4v) is 4.14. The zero-order valence-electron chi connectivity index (χ0n) is 14.4. The monoisotopic (exact) mass is 310 g/mol. The van der Waals surface area contributed by atoms with Crippen LogP contribution < -0.4 is 0 Å². The predicted molar refractivity (Wildman–Crippen MR) is 99.6 cm³/mol. The Kier molecular flexibility index (Phi) is 3.81. The van der Waals surface area contributed by atoms with Crippen molar-refractivity contribution in [2.45, 2.75) is 58.3 Å². The summed E-state index contributed by atoms with van der Waals surface area (Å²) in [5.41, 5.74) is 7.67. The van der Waals surface area contributed by atoms with E-state index in [1.54, 1.807) is 16.9 Å². The minimum atomic E-state index is 0.281. The number of benzene rings is 1. The Bertz CT molecular complexity index is 700. The number of hydrogen-bond donors (Lipinski definition) is 0. The van der Waals surface area contributed by atoms with Crippen LogP contribution in [0.3, 0.4) is 0 Å². The Balaban J connectivity index is 2.06. The van der Waals surface area contributed by atoms with Crippen LogP contribution in [0.25, 0.3) is 11.6 Å². The van der Waals surface area contributed by atoms with Crippen LogP contribution in [0.15, 0.2) is 35.0 Å². The van der Waals surface area contributed by atoms with Crippen LogP contribution in [0.2, 0.25) is 0 Å². The van der Waals surface area contributed by atoms with Gasteiger partial charge < -0.3 is 0 Å². The van der Waals surface area contributed by atoms with Crippen LogP contribution in [0.1, 0.15) is 69.7 Å². The fraction of sp³-hybridized carbons (Fsp3) is 0.429. The van der Waals surface area contributed by atoms with Crippen LogP contribution in [0.4, 0.5) is 0 Å². The summed E-state index contributed by atoms with van der Waals surface area (Å²) >= 11 is 1.75. The summed E-state index contributed by atoms with van der Waals surface area (Å²) in [6.45, 7) is 11.8. The van der Waals surface area contributed by atoms with Crippen LogP contribution >= 0.6 is 11.3 Å². The zero-order chi connectivity index (χ0) is 16.0. The van der Waals surface area contributed by atoms with Gasteiger partial charge in [-0.3, -0.25) is 0 Å². The number of fused-ring (bicyclic) bond motifs is 1. The molecule has 1 heteroatoms. The van der Waals surface area contributed by atoms with Crippen molar-refractivity contribution in [3.05, 3.63) is 57.3 Å². The van der Waals surface area contributed by atoms with Crippen molar-refractivity contribution in [3.63, 3.8) is 0 Å². The van der Waals surface area contributed by atoms with Gasteiger partial charge in [-0.1, -0.05) is 52.0 Å². The minimum Gasteiger partial charge on any atom is -0.152 e. The average Bonchev–Trinajstić information content (AvgIpc) is 2.96. The molecule has 0 saturated heterocycles. The highest BCUT2D eigenvalue weighted by Crippen LogP contribution is 2.46. The topological polar surface area (TPSA) is 0 Å². The maximum absolute atomic E-state index is 2.44. The smallest absolute Gasteiger partial charge is 0.00207 e. The van der Waals surface area contributed by atoms with E-state index in [1.807, 2.05) is 0 Å². The first-order valence-corrected chi connectivity index (χ1v) is 9.10. The molecule has 0 nitrogen and oxygen atoms in total. The van der Waals surface area contributed by atoms with Crippen LogP contribution in [-0.4, -0.2) is 0 Å². The predicted octanol–water partition coefficient (Wildman–Crippen LogP) is 6.66. The molecule has 0 fully saturated rings. The molecule has 0 amide bonds. The molecule has 0 bridgehead atoms. The molecule has 0 N–H and O–H groups in total. The standard InChI is InChI=1S/C21H26S/c1-15(12-16-8-11-22-14-16)17-6-7-18-19(13-17)21(4,5)10-9-20(18,2)3/h6-8,11-14H,9-10H2,1-5H3/b15-12-. The summed E-state index contributed by atoms with van der Waals surface area (Å²) in [5.74, 6) is 0. The van der Waals surface area contributed by atoms with Gasteiger partial charge in [-0.15, -0.1) is 0 Å². The number of allylic oxidation sites excluding steroid dienone is 1. The maximum atomic E-state index is 2.44. The molecule has 116 valence electrons. The molecule has 0 aliphatic heterocycles. The first-order chi connectivity index (χ1) is 10.3. The van der Waals surface area contributed by atoms with Gasteiger partial charge in [0, 0.05) is 0 Å². The van der Waals surface area contributed by atoms with Gasteiger partial charge in [0.1, 0.15) is 0 Å². The van der Waals surface area contributed by atoms with Crippen molar-refractivity contribution in [3.8, 4) is 0 Å². The van der Waals surface area contributed by atoms with E-state index in [0.29, 0.717) is 5.41 Å². The lowest BCUT2D eigenvalue weighted by atomic mass is 9.63. The first kappa shape index (κ1) is 15.6. The Morgan fingerprint density at radius 3 is 2.32 bits per heavy atom. The van der Waals surface area contributed by atoms with Gasteiger partial charge in [0.2, 0.25) is 0 Å². The lowest BCUT2D eigenvalue weighted by molar-refractivity contribution is 0.332. The van der Waals surface area contributed by atoms with E-state index in [4.69, 9.17) is 0 Å². The molecule has 0 spiro atoms. The summed E-state index contributed by atoms with van der Waals surface area (Å²) < 4.78 is 0. The number of hydrogen-bond acceptors (Lipinski definition) is 1. The van der Waals surface area contributed by atoms with Crippen molar-refractivity contribution >= 4 is 23.0 Å². The number of thiophene rings is 1. The number of rotatable bonds is 2. The quantitative estimate of drug-likeness (QED) is 0.582. The lowest BCUT2D eigenvalue weighted by Crippen LogP contribution is -2.33. The van der Waals surface area contributed by atoms with Crippen molar-refractivity contribution in [1.29, 1.82) is 0 Å². The van der Waals surface area contributed by atoms with Crippen LogP contribution in [-0.2, 0) is 10.8 Å². The maximum Gasteiger partial charge on any atom is -0.00207 e. The summed E-state index contributed by atoms with van der Waals surface area (Å²) in [6, 6.07) is 9.30. The van der Waals surface area contributed by atoms with E-state index < -0.39 is 0 Å². The summed E-state index contributed by atoms with van der Waals surface area (Å²) in [7, 11) is 0. The van der Waals surface area contributed by atoms with E-state index in [1.165, 1.54) is 35.1 Å². The highest BCUT2D eigenvalue weighted by molar-refractivity contribution is 7.08. The van der Waals surface area contributed by atoms with Crippen molar-refractivity contribution in [2.75, 3.05) is 0 Å². The minimum absolute atomic E-state index is 0.281. The second-order valence-electron chi connectivity index (χ2n) is 7.91. The molecule has 0 unspecified atom stereocenters. The molecular weight excluding hydrogens is 284 g/mol. The molecule has 0 atom stereocenters. The first-order valence-electron chi connectivity index (χ1n) is 8.15. The molecule has 1 aromatic heterocycles. The van der Waals surface area contributed by atoms with Gasteiger partial charge in [0.25, 0.3) is 0 Å². The molecule has 0 saturated carbocycles. The molecule has 22 heavy (non-hydrogen) atoms. The van der Waals surface area contributed by atoms with Crippen LogP contribution in [0.5, 0.6) is 0 Å². The van der Waals surface area contributed by atoms with Crippen molar-refractivity contribution in [2.24, 2.45) is 0 Å². The third kappa shape index (κ3) is 2.79. The Hall–Kier alpha value is -1.34. The molecule has 3 rings (SSSR count). The van der Waals surface area contributed by atoms with Gasteiger partial charge in [0.05, 0.1) is 0 Å². The van der Waals surface area contributed by atoms with Gasteiger partial charge >= 0.3 is 0 Å². The Labute approximate surface area is 138 Å². The van der Waals surface area contributed by atoms with E-state index in [-0.39, 0.29) is 5.41 Å². The SMILES string of the molecule is C/C(=C/c1ccsc1)c1ccc2c(c1)C(C)(C)CCC2(C)C. The second kappa shape index (κ2) is 5.38. The third-order valence-electron chi connectivity index (χ3n) is 5.23. The van der Waals surface area contributed by atoms with E-state index >= 15 is 0 Å². The van der Waals surface area contributed by atoms with E-state index in [9.17, 15) is 0 Å². The molecule has 1 aromatic carbocycles. The molecular formula is C21H26S. The van der Waals surface area contributed by atoms with Gasteiger partial charge in [-0.05, 0) is 75.2 Å². The Morgan fingerprint density at radius 1 is 1.00 bits per heavy atom. The molecule has 1 aliphatic carbocycles. The summed E-state index contributed by atoms with van der Waals surface area (Å²) in [5, 5.41) is 4.34. The van der Waals surface area contributed by atoms with Crippen molar-refractivity contribution in [1.82, 2.24) is 0 Å². The summed E-state index contributed by atoms with van der Waals surface area (Å²) in [4.78, 5) is 0. The lowest BCUT2D eigenvalue weighted by Gasteiger charge is -2.42. The molecule has 1 heterocycles. The molecule has 0 radical (unpaired) electrons.